The molecular formula is C11H8ClNO4S. The number of rotatable bonds is 0. The van der Waals surface area contributed by atoms with Gasteiger partial charge in [-0.1, -0.05) is 35.6 Å². The van der Waals surface area contributed by atoms with Crippen molar-refractivity contribution in [2.24, 2.45) is 0 Å². The van der Waals surface area contributed by atoms with Gasteiger partial charge >= 0.3 is 0 Å². The zero-order valence-electron chi connectivity index (χ0n) is 8.96. The van der Waals surface area contributed by atoms with Crippen LogP contribution in [0.5, 0.6) is 0 Å². The van der Waals surface area contributed by atoms with Crippen molar-refractivity contribution in [2.45, 2.75) is 0 Å². The van der Waals surface area contributed by atoms with Gasteiger partial charge in [0, 0.05) is 11.5 Å². The minimum absolute atomic E-state index is 1.23. The summed E-state index contributed by atoms with van der Waals surface area (Å²) in [7, 11) is -4.94. The van der Waals surface area contributed by atoms with Crippen LogP contribution in [-0.4, -0.2) is 0 Å². The Kier molecular flexibility index (Phi) is 3.76. The topological polar surface area (TPSA) is 106 Å². The molecule has 2 aromatic carbocycles. The van der Waals surface area contributed by atoms with E-state index in [2.05, 4.69) is 41.4 Å². The molecule has 1 heterocycles. The molecule has 7 heteroatoms. The fourth-order valence-electron chi connectivity index (χ4n) is 1.64. The van der Waals surface area contributed by atoms with Gasteiger partial charge in [-0.05, 0) is 11.5 Å². The van der Waals surface area contributed by atoms with Crippen molar-refractivity contribution in [2.75, 3.05) is 0 Å². The number of fused-ring (bicyclic) bond motifs is 3. The molecule has 0 fully saturated rings. The van der Waals surface area contributed by atoms with E-state index in [-0.39, 0.29) is 0 Å². The zero-order chi connectivity index (χ0) is 13.2. The van der Waals surface area contributed by atoms with Gasteiger partial charge in [-0.2, -0.15) is 0 Å². The third kappa shape index (κ3) is 3.36. The Bertz CT molecular complexity index is 658. The third-order valence-electron chi connectivity index (χ3n) is 2.27. The predicted molar refractivity (Wildman–Crippen MR) is 55.9 cm³/mol. The summed E-state index contributed by atoms with van der Waals surface area (Å²) in [5.41, 5.74) is 3.25. The van der Waals surface area contributed by atoms with Crippen LogP contribution in [-0.2, 0) is 0 Å². The second-order valence-corrected chi connectivity index (χ2v) is 5.06. The Morgan fingerprint density at radius 3 is 2.33 bits per heavy atom. The largest absolute Gasteiger partial charge is 0.224 e. The van der Waals surface area contributed by atoms with Crippen molar-refractivity contribution >= 4 is 32.3 Å². The summed E-state index contributed by atoms with van der Waals surface area (Å²) in [4.78, 5) is 3.23. The lowest BCUT2D eigenvalue weighted by Gasteiger charge is -2.17. The fraction of sp³-hybridized carbons (Fsp3) is 0. The van der Waals surface area contributed by atoms with Crippen LogP contribution in [0.4, 0.5) is 0 Å². The SMILES string of the molecule is [O-][Cl+3]([O-])([O-])[O-].c1ccc2c(c1)ccc1[nH+]csc12. The maximum atomic E-state index is 8.49. The van der Waals surface area contributed by atoms with Gasteiger partial charge < -0.3 is 0 Å². The first-order chi connectivity index (χ1) is 8.45. The predicted octanol–water partition coefficient (Wildman–Crippen LogP) is -1.89. The lowest BCUT2D eigenvalue weighted by atomic mass is 10.1. The van der Waals surface area contributed by atoms with Crippen LogP contribution in [0.25, 0.3) is 21.0 Å². The van der Waals surface area contributed by atoms with E-state index >= 15 is 0 Å². The van der Waals surface area contributed by atoms with Gasteiger partial charge in [-0.3, -0.25) is 0 Å². The maximum Gasteiger partial charge on any atom is 0.224 e. The van der Waals surface area contributed by atoms with E-state index in [0.29, 0.717) is 0 Å². The van der Waals surface area contributed by atoms with Gasteiger partial charge in [0.15, 0.2) is 0 Å². The lowest BCUT2D eigenvalue weighted by Crippen LogP contribution is -2.68. The molecule has 5 nitrogen and oxygen atoms in total. The average Bonchev–Trinajstić information content (AvgIpc) is 2.75. The normalized spacial score (nSPS) is 11.3. The van der Waals surface area contributed by atoms with Crippen LogP contribution in [0.3, 0.4) is 0 Å². The summed E-state index contributed by atoms with van der Waals surface area (Å²) in [6.07, 6.45) is 0. The molecule has 1 aromatic heterocycles. The van der Waals surface area contributed by atoms with E-state index in [4.69, 9.17) is 18.6 Å². The molecule has 0 unspecified atom stereocenters. The van der Waals surface area contributed by atoms with Crippen LogP contribution in [0.1, 0.15) is 0 Å². The standard InChI is InChI=1S/C11H7NS.ClHO4/c1-2-4-9-8(3-1)5-6-10-11(9)13-7-12-10;2-1(3,4)5/h1-7H;(H,2,3,4,5). The number of nitrogens with one attached hydrogen (secondary N) is 1. The summed E-state index contributed by atoms with van der Waals surface area (Å²) >= 11 is 1.76. The minimum atomic E-state index is -4.94. The molecule has 3 rings (SSSR count). The number of thiazole rings is 1. The van der Waals surface area contributed by atoms with Crippen molar-refractivity contribution in [3.05, 3.63) is 41.9 Å². The van der Waals surface area contributed by atoms with Crippen molar-refractivity contribution in [1.29, 1.82) is 0 Å². The highest BCUT2D eigenvalue weighted by Gasteiger charge is 2.05. The van der Waals surface area contributed by atoms with Gasteiger partial charge in [0.1, 0.15) is 4.70 Å². The van der Waals surface area contributed by atoms with Crippen LogP contribution in [0, 0.1) is 10.2 Å². The molecule has 0 saturated carbocycles. The fourth-order valence-corrected chi connectivity index (χ4v) is 2.51. The van der Waals surface area contributed by atoms with Crippen LogP contribution >= 0.6 is 11.3 Å². The second-order valence-electron chi connectivity index (χ2n) is 3.42. The van der Waals surface area contributed by atoms with Crippen LogP contribution < -0.4 is 23.6 Å². The molecule has 0 aliphatic heterocycles. The number of aromatic nitrogens is 1. The smallest absolute Gasteiger partial charge is 0.222 e. The third-order valence-corrected chi connectivity index (χ3v) is 3.18. The van der Waals surface area contributed by atoms with Crippen molar-refractivity contribution in [1.82, 2.24) is 0 Å². The Morgan fingerprint density at radius 2 is 1.61 bits per heavy atom. The van der Waals surface area contributed by atoms with Gasteiger partial charge in [0.2, 0.25) is 11.0 Å². The molecule has 0 radical (unpaired) electrons. The van der Waals surface area contributed by atoms with E-state index < -0.39 is 10.2 Å². The van der Waals surface area contributed by atoms with Crippen molar-refractivity contribution < 1.29 is 33.9 Å². The van der Waals surface area contributed by atoms with Gasteiger partial charge in [-0.25, -0.2) is 23.6 Å². The van der Waals surface area contributed by atoms with E-state index in [1.807, 2.05) is 5.51 Å². The summed E-state index contributed by atoms with van der Waals surface area (Å²) < 4.78 is 35.3. The first kappa shape index (κ1) is 13.2. The molecule has 0 aliphatic rings. The molecule has 0 amide bonds. The van der Waals surface area contributed by atoms with E-state index in [9.17, 15) is 0 Å². The molecule has 0 aliphatic carbocycles. The first-order valence-corrected chi connectivity index (χ1v) is 6.95. The Balaban J connectivity index is 0.000000209. The van der Waals surface area contributed by atoms with E-state index in [1.165, 1.54) is 21.0 Å². The monoisotopic (exact) mass is 285 g/mol. The number of benzene rings is 2. The molecule has 0 atom stereocenters. The van der Waals surface area contributed by atoms with Crippen molar-refractivity contribution in [3.63, 3.8) is 0 Å². The Hall–Kier alpha value is -1.28. The highest BCUT2D eigenvalue weighted by atomic mass is 35.7. The number of hydrogen-bond donors (Lipinski definition) is 0. The minimum Gasteiger partial charge on any atom is -0.222 e. The number of halogens is 1. The molecule has 94 valence electrons. The second kappa shape index (κ2) is 5.15. The van der Waals surface area contributed by atoms with Gasteiger partial charge in [-0.15, -0.1) is 10.2 Å². The summed E-state index contributed by atoms with van der Waals surface area (Å²) in [5, 5.41) is 2.65. The lowest BCUT2D eigenvalue weighted by molar-refractivity contribution is -2.00. The molecular weight excluding hydrogens is 278 g/mol. The maximum absolute atomic E-state index is 8.49. The molecule has 1 N–H and O–H groups in total. The van der Waals surface area contributed by atoms with E-state index in [1.54, 1.807) is 11.3 Å². The summed E-state index contributed by atoms with van der Waals surface area (Å²) in [6.45, 7) is 0. The van der Waals surface area contributed by atoms with Crippen molar-refractivity contribution in [3.8, 4) is 0 Å². The zero-order valence-corrected chi connectivity index (χ0v) is 10.5. The first-order valence-electron chi connectivity index (χ1n) is 4.83. The van der Waals surface area contributed by atoms with Crippen LogP contribution in [0.15, 0.2) is 41.9 Å². The highest BCUT2D eigenvalue weighted by Crippen LogP contribution is 2.25. The summed E-state index contributed by atoms with van der Waals surface area (Å²) in [6, 6.07) is 12.8. The molecule has 3 aromatic rings. The number of H-pyrrole nitrogens is 1. The average molecular weight is 286 g/mol. The number of aromatic amines is 1. The molecule has 0 saturated heterocycles. The Labute approximate surface area is 108 Å². The quantitative estimate of drug-likeness (QED) is 0.481. The number of hydrogen-bond acceptors (Lipinski definition) is 5. The molecule has 0 spiro atoms. The van der Waals surface area contributed by atoms with Gasteiger partial charge in [0.05, 0.1) is 0 Å². The Morgan fingerprint density at radius 1 is 0.944 bits per heavy atom. The highest BCUT2D eigenvalue weighted by molar-refractivity contribution is 7.17. The van der Waals surface area contributed by atoms with E-state index in [0.717, 1.165) is 0 Å². The molecule has 0 bridgehead atoms. The summed E-state index contributed by atoms with van der Waals surface area (Å²) in [5.74, 6) is 0. The van der Waals surface area contributed by atoms with Gasteiger partial charge in [0.25, 0.3) is 0 Å². The van der Waals surface area contributed by atoms with Crippen LogP contribution in [0.2, 0.25) is 0 Å². The molecule has 18 heavy (non-hydrogen) atoms.